The molecule has 4 nitrogen and oxygen atoms in total. The van der Waals surface area contributed by atoms with Gasteiger partial charge in [0, 0.05) is 28.5 Å². The fraction of sp³-hybridized carbons (Fsp3) is 0.400. The predicted molar refractivity (Wildman–Crippen MR) is 85.2 cm³/mol. The molecule has 1 heterocycles. The summed E-state index contributed by atoms with van der Waals surface area (Å²) in [4.78, 5) is 0. The maximum atomic E-state index is 5.25. The highest BCUT2D eigenvalue weighted by molar-refractivity contribution is 9.10. The first-order chi connectivity index (χ1) is 9.62. The number of halogens is 1. The van der Waals surface area contributed by atoms with Gasteiger partial charge in [-0.2, -0.15) is 5.10 Å². The van der Waals surface area contributed by atoms with Gasteiger partial charge in [-0.1, -0.05) is 22.9 Å². The molecule has 0 saturated carbocycles. The summed E-state index contributed by atoms with van der Waals surface area (Å²) in [6.07, 6.45) is 3.12. The molecule has 0 saturated heterocycles. The van der Waals surface area contributed by atoms with Gasteiger partial charge in [0.05, 0.1) is 19.3 Å². The number of hydrogen-bond acceptors (Lipinski definition) is 3. The minimum absolute atomic E-state index is 0.440. The monoisotopic (exact) mass is 337 g/mol. The summed E-state index contributed by atoms with van der Waals surface area (Å²) in [5, 5.41) is 7.93. The zero-order chi connectivity index (χ0) is 14.5. The van der Waals surface area contributed by atoms with E-state index < -0.39 is 0 Å². The molecule has 2 rings (SSSR count). The number of methoxy groups -OCH3 is 1. The molecule has 20 heavy (non-hydrogen) atoms. The Labute approximate surface area is 128 Å². The van der Waals surface area contributed by atoms with Crippen molar-refractivity contribution in [1.29, 1.82) is 0 Å². The van der Waals surface area contributed by atoms with Crippen molar-refractivity contribution in [2.75, 3.05) is 12.4 Å². The van der Waals surface area contributed by atoms with Crippen LogP contribution in [0.5, 0.6) is 5.75 Å². The Morgan fingerprint density at radius 2 is 2.20 bits per heavy atom. The summed E-state index contributed by atoms with van der Waals surface area (Å²) in [7, 11) is 1.67. The molecule has 0 aliphatic carbocycles. The second-order valence-electron chi connectivity index (χ2n) is 4.78. The second-order valence-corrected chi connectivity index (χ2v) is 5.69. The average molecular weight is 338 g/mol. The Kier molecular flexibility index (Phi) is 5.06. The third-order valence-corrected chi connectivity index (χ3v) is 3.74. The molecule has 1 atom stereocenters. The van der Waals surface area contributed by atoms with Crippen LogP contribution >= 0.6 is 15.9 Å². The Morgan fingerprint density at radius 1 is 1.40 bits per heavy atom. The molecule has 2 aromatic rings. The van der Waals surface area contributed by atoms with Crippen molar-refractivity contribution in [3.63, 3.8) is 0 Å². The Balaban J connectivity index is 2.01. The molecule has 108 valence electrons. The van der Waals surface area contributed by atoms with E-state index in [0.29, 0.717) is 12.6 Å². The summed E-state index contributed by atoms with van der Waals surface area (Å²) in [6, 6.07) is 8.41. The van der Waals surface area contributed by atoms with Gasteiger partial charge in [0.2, 0.25) is 0 Å². The number of ether oxygens (including phenoxy) is 1. The lowest BCUT2D eigenvalue weighted by Gasteiger charge is -2.09. The zero-order valence-electron chi connectivity index (χ0n) is 12.1. The lowest BCUT2D eigenvalue weighted by molar-refractivity contribution is 0.414. The van der Waals surface area contributed by atoms with Gasteiger partial charge in [-0.05, 0) is 31.5 Å². The number of nitrogens with one attached hydrogen (secondary N) is 1. The quantitative estimate of drug-likeness (QED) is 0.856. The molecule has 0 spiro atoms. The average Bonchev–Trinajstić information content (AvgIpc) is 2.92. The largest absolute Gasteiger partial charge is 0.497 e. The van der Waals surface area contributed by atoms with Crippen LogP contribution in [0.3, 0.4) is 0 Å². The van der Waals surface area contributed by atoms with Crippen LogP contribution in [-0.4, -0.2) is 16.9 Å². The topological polar surface area (TPSA) is 39.1 Å². The first-order valence-electron chi connectivity index (χ1n) is 6.75. The molecule has 1 aromatic carbocycles. The van der Waals surface area contributed by atoms with Crippen molar-refractivity contribution in [3.8, 4) is 5.75 Å². The van der Waals surface area contributed by atoms with E-state index in [-0.39, 0.29) is 0 Å². The molecule has 0 amide bonds. The van der Waals surface area contributed by atoms with Gasteiger partial charge in [-0.3, -0.25) is 4.68 Å². The first-order valence-corrected chi connectivity index (χ1v) is 7.54. The smallest absolute Gasteiger partial charge is 0.122 e. The number of rotatable bonds is 6. The third kappa shape index (κ3) is 3.76. The molecule has 0 fully saturated rings. The zero-order valence-corrected chi connectivity index (χ0v) is 13.6. The summed E-state index contributed by atoms with van der Waals surface area (Å²) in [6.45, 7) is 5.03. The molecule has 1 unspecified atom stereocenters. The van der Waals surface area contributed by atoms with Crippen LogP contribution in [0.25, 0.3) is 0 Å². The Morgan fingerprint density at radius 3 is 2.90 bits per heavy atom. The molecule has 0 radical (unpaired) electrons. The van der Waals surface area contributed by atoms with Crippen molar-refractivity contribution >= 4 is 21.6 Å². The molecular formula is C15H20BrN3O. The highest BCUT2D eigenvalue weighted by atomic mass is 79.9. The lowest BCUT2D eigenvalue weighted by Crippen LogP contribution is -2.06. The Hall–Kier alpha value is -1.49. The van der Waals surface area contributed by atoms with E-state index in [4.69, 9.17) is 4.74 Å². The van der Waals surface area contributed by atoms with Crippen LogP contribution in [-0.2, 0) is 6.54 Å². The van der Waals surface area contributed by atoms with E-state index in [9.17, 15) is 0 Å². The number of benzene rings is 1. The molecule has 0 aliphatic heterocycles. The van der Waals surface area contributed by atoms with Crippen LogP contribution in [0, 0.1) is 0 Å². The van der Waals surface area contributed by atoms with Gasteiger partial charge in [-0.25, -0.2) is 0 Å². The predicted octanol–water partition coefficient (Wildman–Crippen LogP) is 4.24. The van der Waals surface area contributed by atoms with Crippen molar-refractivity contribution in [3.05, 3.63) is 40.6 Å². The highest BCUT2D eigenvalue weighted by Crippen LogP contribution is 2.24. The van der Waals surface area contributed by atoms with Crippen molar-refractivity contribution in [2.24, 2.45) is 0 Å². The second kappa shape index (κ2) is 6.79. The fourth-order valence-corrected chi connectivity index (χ4v) is 2.35. The molecular weight excluding hydrogens is 318 g/mol. The molecule has 1 aromatic heterocycles. The van der Waals surface area contributed by atoms with E-state index in [1.807, 2.05) is 35.1 Å². The molecule has 0 aliphatic rings. The highest BCUT2D eigenvalue weighted by Gasteiger charge is 2.05. The van der Waals surface area contributed by atoms with Gasteiger partial charge < -0.3 is 10.1 Å². The number of aromatic nitrogens is 2. The summed E-state index contributed by atoms with van der Waals surface area (Å²) in [5.41, 5.74) is 2.04. The van der Waals surface area contributed by atoms with Gasteiger partial charge >= 0.3 is 0 Å². The maximum absolute atomic E-state index is 5.25. The standard InChI is InChI=1S/C15H20BrN3O/c1-4-11(2)19-6-5-13(18-19)10-17-14-7-12(16)8-15(9-14)20-3/h5-9,11,17H,4,10H2,1-3H3. The molecule has 5 heteroatoms. The minimum Gasteiger partial charge on any atom is -0.497 e. The van der Waals surface area contributed by atoms with E-state index in [0.717, 1.165) is 28.0 Å². The fourth-order valence-electron chi connectivity index (χ4n) is 1.88. The molecule has 1 N–H and O–H groups in total. The van der Waals surface area contributed by atoms with E-state index in [2.05, 4.69) is 40.2 Å². The van der Waals surface area contributed by atoms with Crippen LogP contribution in [0.15, 0.2) is 34.9 Å². The first kappa shape index (κ1) is 14.9. The molecule has 0 bridgehead atoms. The minimum atomic E-state index is 0.440. The van der Waals surface area contributed by atoms with E-state index in [1.165, 1.54) is 0 Å². The number of hydrogen-bond donors (Lipinski definition) is 1. The van der Waals surface area contributed by atoms with Gasteiger partial charge in [0.25, 0.3) is 0 Å². The van der Waals surface area contributed by atoms with E-state index >= 15 is 0 Å². The summed E-state index contributed by atoms with van der Waals surface area (Å²) in [5.74, 6) is 0.826. The van der Waals surface area contributed by atoms with E-state index in [1.54, 1.807) is 7.11 Å². The third-order valence-electron chi connectivity index (χ3n) is 3.29. The number of nitrogens with zero attached hydrogens (tertiary/aromatic N) is 2. The normalized spacial score (nSPS) is 12.2. The van der Waals surface area contributed by atoms with Crippen LogP contribution in [0.4, 0.5) is 5.69 Å². The van der Waals surface area contributed by atoms with Crippen molar-refractivity contribution in [1.82, 2.24) is 9.78 Å². The van der Waals surface area contributed by atoms with Crippen LogP contribution in [0.2, 0.25) is 0 Å². The van der Waals surface area contributed by atoms with Crippen molar-refractivity contribution in [2.45, 2.75) is 32.9 Å². The maximum Gasteiger partial charge on any atom is 0.122 e. The summed E-state index contributed by atoms with van der Waals surface area (Å²) >= 11 is 3.47. The van der Waals surface area contributed by atoms with Crippen molar-refractivity contribution < 1.29 is 4.74 Å². The van der Waals surface area contributed by atoms with Crippen LogP contribution in [0.1, 0.15) is 32.0 Å². The lowest BCUT2D eigenvalue weighted by atomic mass is 10.3. The van der Waals surface area contributed by atoms with Gasteiger partial charge in [0.1, 0.15) is 5.75 Å². The van der Waals surface area contributed by atoms with Crippen LogP contribution < -0.4 is 10.1 Å². The van der Waals surface area contributed by atoms with Gasteiger partial charge in [-0.15, -0.1) is 0 Å². The van der Waals surface area contributed by atoms with Gasteiger partial charge in [0.15, 0.2) is 0 Å². The summed E-state index contributed by atoms with van der Waals surface area (Å²) < 4.78 is 8.25. The number of anilines is 1. The Bertz CT molecular complexity index is 568. The SMILES string of the molecule is CCC(C)n1ccc(CNc2cc(Br)cc(OC)c2)n1.